The topological polar surface area (TPSA) is 68.3 Å². The monoisotopic (exact) mass is 438 g/mol. The van der Waals surface area contributed by atoms with E-state index in [1.807, 2.05) is 49.1 Å². The molecule has 0 radical (unpaired) electrons. The van der Waals surface area contributed by atoms with Gasteiger partial charge in [-0.3, -0.25) is 9.59 Å². The lowest BCUT2D eigenvalue weighted by molar-refractivity contribution is -0.120. The molecule has 0 unspecified atom stereocenters. The van der Waals surface area contributed by atoms with Gasteiger partial charge in [-0.05, 0) is 43.7 Å². The van der Waals surface area contributed by atoms with Gasteiger partial charge in [-0.25, -0.2) is 4.90 Å². The second kappa shape index (κ2) is 10.9. The smallest absolute Gasteiger partial charge is 0.282 e. The lowest BCUT2D eigenvalue weighted by Gasteiger charge is -2.25. The first-order chi connectivity index (χ1) is 15.5. The third kappa shape index (κ3) is 5.18. The summed E-state index contributed by atoms with van der Waals surface area (Å²) in [5.74, 6) is -0.0340. The number of amides is 2. The summed E-state index contributed by atoms with van der Waals surface area (Å²) in [7, 11) is 3.21. The van der Waals surface area contributed by atoms with Crippen molar-refractivity contribution in [3.63, 3.8) is 0 Å². The van der Waals surface area contributed by atoms with Crippen LogP contribution in [0, 0.1) is 0 Å². The molecule has 0 saturated heterocycles. The maximum absolute atomic E-state index is 13.6. The van der Waals surface area contributed by atoms with Gasteiger partial charge in [-0.1, -0.05) is 30.3 Å². The molecule has 3 rings (SSSR count). The molecule has 2 aromatic rings. The summed E-state index contributed by atoms with van der Waals surface area (Å²) in [6, 6.07) is 16.3. The highest BCUT2D eigenvalue weighted by atomic mass is 16.5. The molecular formula is C25H30N2O5. The predicted octanol–water partition coefficient (Wildman–Crippen LogP) is 3.35. The van der Waals surface area contributed by atoms with E-state index in [1.54, 1.807) is 38.5 Å². The first-order valence-corrected chi connectivity index (χ1v) is 10.7. The molecule has 0 bridgehead atoms. The van der Waals surface area contributed by atoms with Gasteiger partial charge in [0.25, 0.3) is 11.8 Å². The Morgan fingerprint density at radius 2 is 1.44 bits per heavy atom. The highest BCUT2D eigenvalue weighted by Gasteiger charge is 2.42. The van der Waals surface area contributed by atoms with Crippen molar-refractivity contribution in [1.82, 2.24) is 4.90 Å². The van der Waals surface area contributed by atoms with Crippen LogP contribution in [0.1, 0.15) is 19.4 Å². The summed E-state index contributed by atoms with van der Waals surface area (Å²) >= 11 is 0. The van der Waals surface area contributed by atoms with Gasteiger partial charge in [0.15, 0.2) is 0 Å². The number of carbonyl (C=O) groups is 2. The zero-order valence-corrected chi connectivity index (χ0v) is 19.0. The lowest BCUT2D eigenvalue weighted by Crippen LogP contribution is -2.37. The van der Waals surface area contributed by atoms with Crippen molar-refractivity contribution < 1.29 is 23.8 Å². The summed E-state index contributed by atoms with van der Waals surface area (Å²) in [5.41, 5.74) is 1.93. The number of nitrogens with zero attached hydrogens (tertiary/aromatic N) is 2. The molecular weight excluding hydrogens is 408 g/mol. The molecule has 2 amide bonds. The van der Waals surface area contributed by atoms with Gasteiger partial charge >= 0.3 is 0 Å². The Kier molecular flexibility index (Phi) is 8.03. The SMILES string of the molecule is COCCN(CCOC)C1=C(c2ccccc2)C(=O)N(c2ccc(OC(C)C)cc2)C1=O. The van der Waals surface area contributed by atoms with Crippen LogP contribution < -0.4 is 9.64 Å². The molecule has 0 aliphatic carbocycles. The van der Waals surface area contributed by atoms with E-state index < -0.39 is 0 Å². The minimum Gasteiger partial charge on any atom is -0.491 e. The lowest BCUT2D eigenvalue weighted by atomic mass is 10.0. The average molecular weight is 439 g/mol. The van der Waals surface area contributed by atoms with E-state index in [1.165, 1.54) is 4.90 Å². The largest absolute Gasteiger partial charge is 0.491 e. The zero-order valence-electron chi connectivity index (χ0n) is 19.0. The fraction of sp³-hybridized carbons (Fsp3) is 0.360. The second-order valence-corrected chi connectivity index (χ2v) is 7.67. The van der Waals surface area contributed by atoms with Gasteiger partial charge in [-0.2, -0.15) is 0 Å². The second-order valence-electron chi connectivity index (χ2n) is 7.67. The third-order valence-electron chi connectivity index (χ3n) is 5.04. The molecule has 0 N–H and O–H groups in total. The Hall–Kier alpha value is -3.16. The fourth-order valence-corrected chi connectivity index (χ4v) is 3.60. The normalized spacial score (nSPS) is 14.0. The molecule has 32 heavy (non-hydrogen) atoms. The number of carbonyl (C=O) groups excluding carboxylic acids is 2. The first-order valence-electron chi connectivity index (χ1n) is 10.7. The highest BCUT2D eigenvalue weighted by molar-refractivity contribution is 6.45. The minimum absolute atomic E-state index is 0.0315. The molecule has 1 aliphatic heterocycles. The summed E-state index contributed by atoms with van der Waals surface area (Å²) in [5, 5.41) is 0. The number of rotatable bonds is 11. The summed E-state index contributed by atoms with van der Waals surface area (Å²) in [6.45, 7) is 5.63. The van der Waals surface area contributed by atoms with E-state index in [0.29, 0.717) is 54.6 Å². The number of ether oxygens (including phenoxy) is 3. The van der Waals surface area contributed by atoms with Crippen molar-refractivity contribution in [2.24, 2.45) is 0 Å². The highest BCUT2D eigenvalue weighted by Crippen LogP contribution is 2.35. The molecule has 0 fully saturated rings. The van der Waals surface area contributed by atoms with Crippen LogP contribution in [0.25, 0.3) is 5.57 Å². The van der Waals surface area contributed by atoms with Crippen molar-refractivity contribution >= 4 is 23.1 Å². The first kappa shape index (κ1) is 23.5. The van der Waals surface area contributed by atoms with Gasteiger partial charge in [0, 0.05) is 27.3 Å². The van der Waals surface area contributed by atoms with Crippen molar-refractivity contribution in [3.8, 4) is 5.75 Å². The maximum Gasteiger partial charge on any atom is 0.282 e. The molecule has 170 valence electrons. The van der Waals surface area contributed by atoms with Crippen LogP contribution in [0.15, 0.2) is 60.3 Å². The van der Waals surface area contributed by atoms with Crippen molar-refractivity contribution in [2.75, 3.05) is 45.4 Å². The summed E-state index contributed by atoms with van der Waals surface area (Å²) in [6.07, 6.45) is 0.0315. The van der Waals surface area contributed by atoms with Gasteiger partial charge in [-0.15, -0.1) is 0 Å². The van der Waals surface area contributed by atoms with Gasteiger partial charge in [0.1, 0.15) is 11.4 Å². The molecule has 1 heterocycles. The van der Waals surface area contributed by atoms with Crippen LogP contribution in [-0.2, 0) is 19.1 Å². The van der Waals surface area contributed by atoms with E-state index in [2.05, 4.69) is 0 Å². The van der Waals surface area contributed by atoms with Crippen LogP contribution in [0.5, 0.6) is 5.75 Å². The van der Waals surface area contributed by atoms with E-state index in [9.17, 15) is 9.59 Å². The van der Waals surface area contributed by atoms with E-state index in [-0.39, 0.29) is 17.9 Å². The van der Waals surface area contributed by atoms with Crippen molar-refractivity contribution in [3.05, 3.63) is 65.9 Å². The summed E-state index contributed by atoms with van der Waals surface area (Å²) < 4.78 is 16.2. The Morgan fingerprint density at radius 1 is 0.844 bits per heavy atom. The zero-order chi connectivity index (χ0) is 23.1. The molecule has 0 saturated carbocycles. The van der Waals surface area contributed by atoms with E-state index in [4.69, 9.17) is 14.2 Å². The maximum atomic E-state index is 13.6. The Bertz CT molecular complexity index is 946. The molecule has 0 atom stereocenters. The third-order valence-corrected chi connectivity index (χ3v) is 5.04. The van der Waals surface area contributed by atoms with Gasteiger partial charge in [0.05, 0.1) is 30.6 Å². The van der Waals surface area contributed by atoms with Crippen LogP contribution in [0.2, 0.25) is 0 Å². The molecule has 1 aliphatic rings. The van der Waals surface area contributed by atoms with E-state index >= 15 is 0 Å². The van der Waals surface area contributed by atoms with E-state index in [0.717, 1.165) is 0 Å². The Balaban J connectivity index is 2.03. The van der Waals surface area contributed by atoms with Crippen LogP contribution in [0.3, 0.4) is 0 Å². The molecule has 0 spiro atoms. The Morgan fingerprint density at radius 3 is 1.97 bits per heavy atom. The van der Waals surface area contributed by atoms with Gasteiger partial charge < -0.3 is 19.1 Å². The van der Waals surface area contributed by atoms with Crippen molar-refractivity contribution in [1.29, 1.82) is 0 Å². The number of imide groups is 1. The fourth-order valence-electron chi connectivity index (χ4n) is 3.60. The quantitative estimate of drug-likeness (QED) is 0.501. The van der Waals surface area contributed by atoms with Gasteiger partial charge in [0.2, 0.25) is 0 Å². The number of anilines is 1. The average Bonchev–Trinajstić information content (AvgIpc) is 3.05. The molecule has 7 nitrogen and oxygen atoms in total. The van der Waals surface area contributed by atoms with Crippen LogP contribution in [-0.4, -0.2) is 63.3 Å². The molecule has 7 heteroatoms. The number of hydrogen-bond acceptors (Lipinski definition) is 6. The van der Waals surface area contributed by atoms with Crippen LogP contribution >= 0.6 is 0 Å². The summed E-state index contributed by atoms with van der Waals surface area (Å²) in [4.78, 5) is 30.3. The van der Waals surface area contributed by atoms with Crippen LogP contribution in [0.4, 0.5) is 5.69 Å². The van der Waals surface area contributed by atoms with Crippen molar-refractivity contribution in [2.45, 2.75) is 20.0 Å². The minimum atomic E-state index is -0.362. The number of hydrogen-bond donors (Lipinski definition) is 0. The number of methoxy groups -OCH3 is 2. The number of benzene rings is 2. The molecule has 2 aromatic carbocycles. The molecule has 0 aromatic heterocycles. The standard InChI is InChI=1S/C25H30N2O5/c1-18(2)32-21-12-10-20(11-13-21)27-24(28)22(19-8-6-5-7-9-19)23(25(27)29)26(14-16-30-3)15-17-31-4/h5-13,18H,14-17H2,1-4H3. The predicted molar refractivity (Wildman–Crippen MR) is 123 cm³/mol. The Labute approximate surface area is 189 Å².